The first-order valence-electron chi connectivity index (χ1n) is 4.48. The summed E-state index contributed by atoms with van der Waals surface area (Å²) < 4.78 is 18.1. The molecule has 1 rings (SSSR count). The average Bonchev–Trinajstić information content (AvgIpc) is 2.25. The molecule has 0 aliphatic rings. The zero-order valence-corrected chi connectivity index (χ0v) is 8.95. The molecule has 0 aromatic heterocycles. The molecular weight excluding hydrogens is 213 g/mol. The number of carbonyl (C=O) groups excluding carboxylic acids is 1. The van der Waals surface area contributed by atoms with Gasteiger partial charge in [0.2, 0.25) is 0 Å². The van der Waals surface area contributed by atoms with Gasteiger partial charge in [-0.05, 0) is 25.1 Å². The third kappa shape index (κ3) is 2.94. The van der Waals surface area contributed by atoms with E-state index >= 15 is 0 Å². The summed E-state index contributed by atoms with van der Waals surface area (Å²) in [6, 6.07) is 3.60. The Labute approximate surface area is 92.1 Å². The Hall–Kier alpha value is -2.11. The van der Waals surface area contributed by atoms with Crippen molar-refractivity contribution >= 4 is 11.7 Å². The number of nitrogens with zero attached hydrogens (tertiary/aromatic N) is 1. The summed E-state index contributed by atoms with van der Waals surface area (Å²) in [5.74, 6) is -0.340. The maximum Gasteiger partial charge on any atom is 0.332 e. The molecule has 86 valence electrons. The van der Waals surface area contributed by atoms with E-state index in [1.165, 1.54) is 19.2 Å². The van der Waals surface area contributed by atoms with Crippen LogP contribution in [0.25, 0.3) is 0 Å². The van der Waals surface area contributed by atoms with Crippen molar-refractivity contribution in [3.05, 3.63) is 29.6 Å². The Morgan fingerprint density at radius 1 is 1.56 bits per heavy atom. The monoisotopic (exact) mass is 225 g/mol. The highest BCUT2D eigenvalue weighted by atomic mass is 19.1. The largest absolute Gasteiger partial charge is 0.494 e. The van der Waals surface area contributed by atoms with Crippen molar-refractivity contribution in [2.24, 2.45) is 10.8 Å². The van der Waals surface area contributed by atoms with Gasteiger partial charge >= 0.3 is 6.03 Å². The van der Waals surface area contributed by atoms with Gasteiger partial charge < -0.3 is 10.5 Å². The number of hydrogen-bond acceptors (Lipinski definition) is 3. The Bertz CT molecular complexity index is 432. The maximum atomic E-state index is 13.3. The molecule has 5 nitrogen and oxygen atoms in total. The fraction of sp³-hybridized carbons (Fsp3) is 0.200. The number of halogens is 1. The van der Waals surface area contributed by atoms with Gasteiger partial charge in [-0.25, -0.2) is 14.6 Å². The quantitative estimate of drug-likeness (QED) is 0.599. The van der Waals surface area contributed by atoms with Crippen LogP contribution >= 0.6 is 0 Å². The second-order valence-corrected chi connectivity index (χ2v) is 3.02. The molecule has 2 amide bonds. The summed E-state index contributed by atoms with van der Waals surface area (Å²) in [5.41, 5.74) is 7.89. The number of carbonyl (C=O) groups is 1. The number of urea groups is 1. The standard InChI is InChI=1S/C10H12FN3O2/c1-6(13-14-10(12)15)7-3-4-9(16-2)8(11)5-7/h3-5H,1-2H3,(H3,12,14,15). The maximum absolute atomic E-state index is 13.3. The van der Waals surface area contributed by atoms with Crippen LogP contribution in [0.3, 0.4) is 0 Å². The normalized spacial score (nSPS) is 11.1. The van der Waals surface area contributed by atoms with Gasteiger partial charge in [0, 0.05) is 5.56 Å². The van der Waals surface area contributed by atoms with Crippen LogP contribution in [-0.4, -0.2) is 18.9 Å². The number of benzene rings is 1. The van der Waals surface area contributed by atoms with Gasteiger partial charge in [-0.2, -0.15) is 5.10 Å². The predicted molar refractivity (Wildman–Crippen MR) is 57.9 cm³/mol. The molecule has 1 aromatic rings. The molecule has 16 heavy (non-hydrogen) atoms. The summed E-state index contributed by atoms with van der Waals surface area (Å²) >= 11 is 0. The lowest BCUT2D eigenvalue weighted by Crippen LogP contribution is -2.25. The first-order chi connectivity index (χ1) is 7.54. The number of amides is 2. The third-order valence-corrected chi connectivity index (χ3v) is 1.90. The highest BCUT2D eigenvalue weighted by Gasteiger charge is 2.05. The minimum Gasteiger partial charge on any atom is -0.494 e. The number of nitrogens with one attached hydrogen (secondary N) is 1. The van der Waals surface area contributed by atoms with Crippen LogP contribution in [0.5, 0.6) is 5.75 Å². The van der Waals surface area contributed by atoms with Crippen LogP contribution in [0.2, 0.25) is 0 Å². The van der Waals surface area contributed by atoms with Crippen molar-refractivity contribution in [3.63, 3.8) is 0 Å². The van der Waals surface area contributed by atoms with E-state index in [4.69, 9.17) is 10.5 Å². The Morgan fingerprint density at radius 2 is 2.25 bits per heavy atom. The van der Waals surface area contributed by atoms with E-state index in [1.54, 1.807) is 13.0 Å². The molecule has 0 aliphatic carbocycles. The molecule has 0 fully saturated rings. The average molecular weight is 225 g/mol. The zero-order chi connectivity index (χ0) is 12.1. The Balaban J connectivity index is 2.92. The van der Waals surface area contributed by atoms with Crippen molar-refractivity contribution in [1.29, 1.82) is 0 Å². The number of nitrogens with two attached hydrogens (primary N) is 1. The van der Waals surface area contributed by atoms with Gasteiger partial charge in [-0.1, -0.05) is 0 Å². The molecular formula is C10H12FN3O2. The van der Waals surface area contributed by atoms with Gasteiger partial charge in [0.25, 0.3) is 0 Å². The van der Waals surface area contributed by atoms with Crippen molar-refractivity contribution in [2.45, 2.75) is 6.92 Å². The van der Waals surface area contributed by atoms with E-state index in [-0.39, 0.29) is 5.75 Å². The molecule has 0 atom stereocenters. The lowest BCUT2D eigenvalue weighted by molar-refractivity contribution is 0.249. The number of primary amides is 1. The Kier molecular flexibility index (Phi) is 3.82. The zero-order valence-electron chi connectivity index (χ0n) is 8.95. The van der Waals surface area contributed by atoms with Crippen molar-refractivity contribution < 1.29 is 13.9 Å². The van der Waals surface area contributed by atoms with E-state index in [0.717, 1.165) is 0 Å². The molecule has 0 unspecified atom stereocenters. The fourth-order valence-corrected chi connectivity index (χ4v) is 1.09. The molecule has 3 N–H and O–H groups in total. The molecule has 6 heteroatoms. The second-order valence-electron chi connectivity index (χ2n) is 3.02. The van der Waals surface area contributed by atoms with E-state index in [9.17, 15) is 9.18 Å². The second kappa shape index (κ2) is 5.11. The van der Waals surface area contributed by atoms with E-state index < -0.39 is 11.8 Å². The topological polar surface area (TPSA) is 76.7 Å². The Morgan fingerprint density at radius 3 is 2.75 bits per heavy atom. The summed E-state index contributed by atoms with van der Waals surface area (Å²) in [6.45, 7) is 1.62. The van der Waals surface area contributed by atoms with Crippen LogP contribution in [0.15, 0.2) is 23.3 Å². The highest BCUT2D eigenvalue weighted by molar-refractivity contribution is 5.99. The van der Waals surface area contributed by atoms with Crippen molar-refractivity contribution in [1.82, 2.24) is 5.43 Å². The van der Waals surface area contributed by atoms with Gasteiger partial charge in [0.1, 0.15) is 0 Å². The lowest BCUT2D eigenvalue weighted by Gasteiger charge is -2.04. The minimum absolute atomic E-state index is 0.152. The van der Waals surface area contributed by atoms with Crippen LogP contribution in [-0.2, 0) is 0 Å². The summed E-state index contributed by atoms with van der Waals surface area (Å²) in [6.07, 6.45) is 0. The SMILES string of the molecule is COc1ccc(C(C)=NNC(N)=O)cc1F. The van der Waals surface area contributed by atoms with Gasteiger partial charge in [-0.3, -0.25) is 0 Å². The van der Waals surface area contributed by atoms with E-state index in [2.05, 4.69) is 10.5 Å². The molecule has 0 bridgehead atoms. The molecule has 0 aliphatic heterocycles. The van der Waals surface area contributed by atoms with Crippen LogP contribution in [0.4, 0.5) is 9.18 Å². The van der Waals surface area contributed by atoms with Crippen molar-refractivity contribution in [3.8, 4) is 5.75 Å². The number of hydrogen-bond donors (Lipinski definition) is 2. The third-order valence-electron chi connectivity index (χ3n) is 1.90. The summed E-state index contributed by atoms with van der Waals surface area (Å²) in [5, 5.41) is 3.68. The molecule has 0 heterocycles. The van der Waals surface area contributed by atoms with Crippen LogP contribution in [0, 0.1) is 5.82 Å². The number of ether oxygens (including phenoxy) is 1. The molecule has 0 saturated carbocycles. The number of hydrazone groups is 1. The predicted octanol–water partition coefficient (Wildman–Crippen LogP) is 1.23. The van der Waals surface area contributed by atoms with Gasteiger partial charge in [-0.15, -0.1) is 0 Å². The van der Waals surface area contributed by atoms with Crippen LogP contribution < -0.4 is 15.9 Å². The van der Waals surface area contributed by atoms with Crippen molar-refractivity contribution in [2.75, 3.05) is 7.11 Å². The van der Waals surface area contributed by atoms with Crippen LogP contribution in [0.1, 0.15) is 12.5 Å². The molecule has 1 aromatic carbocycles. The molecule has 0 saturated heterocycles. The first kappa shape index (κ1) is 12.0. The fourth-order valence-electron chi connectivity index (χ4n) is 1.09. The minimum atomic E-state index is -0.770. The number of methoxy groups -OCH3 is 1. The van der Waals surface area contributed by atoms with E-state index in [0.29, 0.717) is 11.3 Å². The van der Waals surface area contributed by atoms with Gasteiger partial charge in [0.05, 0.1) is 12.8 Å². The smallest absolute Gasteiger partial charge is 0.332 e. The molecule has 0 spiro atoms. The summed E-state index contributed by atoms with van der Waals surface area (Å²) in [4.78, 5) is 10.4. The highest BCUT2D eigenvalue weighted by Crippen LogP contribution is 2.17. The van der Waals surface area contributed by atoms with E-state index in [1.807, 2.05) is 0 Å². The summed E-state index contributed by atoms with van der Waals surface area (Å²) in [7, 11) is 1.38. The van der Waals surface area contributed by atoms with Gasteiger partial charge in [0.15, 0.2) is 11.6 Å². The molecule has 0 radical (unpaired) electrons. The first-order valence-corrected chi connectivity index (χ1v) is 4.48. The number of rotatable bonds is 3. The lowest BCUT2D eigenvalue weighted by atomic mass is 10.1.